The molecule has 0 spiro atoms. The van der Waals surface area contributed by atoms with Crippen LogP contribution in [0.5, 0.6) is 0 Å². The Bertz CT molecular complexity index is 405. The van der Waals surface area contributed by atoms with Crippen molar-refractivity contribution in [3.8, 4) is 0 Å². The van der Waals surface area contributed by atoms with Crippen molar-refractivity contribution in [2.75, 3.05) is 13.1 Å². The molecule has 0 unspecified atom stereocenters. The van der Waals surface area contributed by atoms with E-state index in [0.717, 1.165) is 32.5 Å². The minimum Gasteiger partial charge on any atom is -0.390 e. The van der Waals surface area contributed by atoms with Gasteiger partial charge in [0.05, 0.1) is 5.60 Å². The van der Waals surface area contributed by atoms with E-state index in [0.29, 0.717) is 6.54 Å². The Morgan fingerprint density at radius 3 is 2.56 bits per heavy atom. The molecule has 1 aromatic carbocycles. The fourth-order valence-electron chi connectivity index (χ4n) is 2.50. The molecule has 0 atom stereocenters. The summed E-state index contributed by atoms with van der Waals surface area (Å²) in [5.41, 5.74) is 9.06. The van der Waals surface area contributed by atoms with Crippen LogP contribution in [0.1, 0.15) is 36.5 Å². The molecule has 1 heterocycles. The van der Waals surface area contributed by atoms with Crippen molar-refractivity contribution in [1.82, 2.24) is 4.90 Å². The van der Waals surface area contributed by atoms with Crippen LogP contribution in [0.2, 0.25) is 0 Å². The Balaban J connectivity index is 1.98. The molecule has 0 aromatic heterocycles. The molecule has 0 radical (unpaired) electrons. The van der Waals surface area contributed by atoms with E-state index in [2.05, 4.69) is 30.0 Å². The van der Waals surface area contributed by atoms with Crippen molar-refractivity contribution in [2.45, 2.75) is 45.4 Å². The molecule has 2 rings (SSSR count). The zero-order valence-electron chi connectivity index (χ0n) is 11.4. The molecule has 1 fully saturated rings. The molecule has 18 heavy (non-hydrogen) atoms. The van der Waals surface area contributed by atoms with E-state index in [1.165, 1.54) is 16.7 Å². The van der Waals surface area contributed by atoms with Crippen molar-refractivity contribution < 1.29 is 5.11 Å². The fourth-order valence-corrected chi connectivity index (χ4v) is 2.50. The molecule has 0 saturated carbocycles. The van der Waals surface area contributed by atoms with Gasteiger partial charge in [-0.3, -0.25) is 4.90 Å². The third-order valence-electron chi connectivity index (χ3n) is 3.97. The smallest absolute Gasteiger partial charge is 0.0644 e. The van der Waals surface area contributed by atoms with Crippen LogP contribution in [0, 0.1) is 6.92 Å². The van der Waals surface area contributed by atoms with Gasteiger partial charge in [-0.05, 0) is 43.4 Å². The van der Waals surface area contributed by atoms with Gasteiger partial charge >= 0.3 is 0 Å². The van der Waals surface area contributed by atoms with Gasteiger partial charge in [-0.1, -0.05) is 18.2 Å². The van der Waals surface area contributed by atoms with Gasteiger partial charge in [-0.15, -0.1) is 0 Å². The fraction of sp³-hybridized carbons (Fsp3) is 0.600. The Kier molecular flexibility index (Phi) is 4.05. The van der Waals surface area contributed by atoms with Crippen molar-refractivity contribution in [3.63, 3.8) is 0 Å². The number of hydrogen-bond donors (Lipinski definition) is 2. The Morgan fingerprint density at radius 2 is 2.00 bits per heavy atom. The second-order valence-electron chi connectivity index (χ2n) is 5.74. The summed E-state index contributed by atoms with van der Waals surface area (Å²) < 4.78 is 0. The highest BCUT2D eigenvalue weighted by Crippen LogP contribution is 2.23. The molecule has 0 amide bonds. The van der Waals surface area contributed by atoms with Gasteiger partial charge in [-0.25, -0.2) is 0 Å². The van der Waals surface area contributed by atoms with E-state index in [1.54, 1.807) is 0 Å². The summed E-state index contributed by atoms with van der Waals surface area (Å²) in [6.07, 6.45) is 1.74. The van der Waals surface area contributed by atoms with Crippen LogP contribution in [0.4, 0.5) is 0 Å². The van der Waals surface area contributed by atoms with Crippen molar-refractivity contribution in [2.24, 2.45) is 5.73 Å². The van der Waals surface area contributed by atoms with Gasteiger partial charge in [0, 0.05) is 26.2 Å². The first-order valence-electron chi connectivity index (χ1n) is 6.73. The minimum absolute atomic E-state index is 0.463. The second kappa shape index (κ2) is 5.39. The molecule has 1 aliphatic heterocycles. The Morgan fingerprint density at radius 1 is 1.33 bits per heavy atom. The zero-order chi connectivity index (χ0) is 13.2. The molecule has 3 nitrogen and oxygen atoms in total. The molecule has 0 aliphatic carbocycles. The SMILES string of the molecule is Cc1cc(CN)ccc1CN1CCC(C)(O)CC1. The maximum Gasteiger partial charge on any atom is 0.0644 e. The summed E-state index contributed by atoms with van der Waals surface area (Å²) >= 11 is 0. The number of nitrogens with zero attached hydrogens (tertiary/aromatic N) is 1. The number of aryl methyl sites for hydroxylation is 1. The second-order valence-corrected chi connectivity index (χ2v) is 5.74. The van der Waals surface area contributed by atoms with Crippen molar-refractivity contribution in [1.29, 1.82) is 0 Å². The number of piperidine rings is 1. The lowest BCUT2D eigenvalue weighted by molar-refractivity contribution is -0.00733. The monoisotopic (exact) mass is 248 g/mol. The van der Waals surface area contributed by atoms with Crippen LogP contribution >= 0.6 is 0 Å². The lowest BCUT2D eigenvalue weighted by atomic mass is 9.93. The van der Waals surface area contributed by atoms with Crippen LogP contribution in [0.15, 0.2) is 18.2 Å². The summed E-state index contributed by atoms with van der Waals surface area (Å²) in [5.74, 6) is 0. The predicted molar refractivity (Wildman–Crippen MR) is 74.2 cm³/mol. The summed E-state index contributed by atoms with van der Waals surface area (Å²) in [7, 11) is 0. The molecule has 1 aliphatic rings. The van der Waals surface area contributed by atoms with Crippen molar-refractivity contribution >= 4 is 0 Å². The molecule has 1 saturated heterocycles. The normalized spacial score (nSPS) is 20.0. The molecule has 3 N–H and O–H groups in total. The number of nitrogens with two attached hydrogens (primary N) is 1. The number of benzene rings is 1. The molecule has 3 heteroatoms. The first-order valence-corrected chi connectivity index (χ1v) is 6.73. The van der Waals surface area contributed by atoms with E-state index >= 15 is 0 Å². The molecule has 100 valence electrons. The minimum atomic E-state index is -0.463. The maximum atomic E-state index is 9.94. The lowest BCUT2D eigenvalue weighted by Crippen LogP contribution is -2.42. The Labute approximate surface area is 110 Å². The van der Waals surface area contributed by atoms with E-state index in [1.807, 2.05) is 6.92 Å². The third kappa shape index (κ3) is 3.31. The molecular weight excluding hydrogens is 224 g/mol. The van der Waals surface area contributed by atoms with E-state index in [9.17, 15) is 5.11 Å². The van der Waals surface area contributed by atoms with Gasteiger partial charge in [0.15, 0.2) is 0 Å². The van der Waals surface area contributed by atoms with Gasteiger partial charge in [0.25, 0.3) is 0 Å². The number of aliphatic hydroxyl groups is 1. The van der Waals surface area contributed by atoms with Crippen LogP contribution in [0.25, 0.3) is 0 Å². The van der Waals surface area contributed by atoms with E-state index in [-0.39, 0.29) is 0 Å². The highest BCUT2D eigenvalue weighted by atomic mass is 16.3. The molecular formula is C15H24N2O. The Hall–Kier alpha value is -0.900. The van der Waals surface area contributed by atoms with Gasteiger partial charge in [0.1, 0.15) is 0 Å². The average molecular weight is 248 g/mol. The van der Waals surface area contributed by atoms with Gasteiger partial charge in [0.2, 0.25) is 0 Å². The summed E-state index contributed by atoms with van der Waals surface area (Å²) in [6, 6.07) is 6.47. The summed E-state index contributed by atoms with van der Waals surface area (Å²) in [4.78, 5) is 2.42. The van der Waals surface area contributed by atoms with Crippen molar-refractivity contribution in [3.05, 3.63) is 34.9 Å². The highest BCUT2D eigenvalue weighted by Gasteiger charge is 2.27. The van der Waals surface area contributed by atoms with Gasteiger partial charge in [-0.2, -0.15) is 0 Å². The highest BCUT2D eigenvalue weighted by molar-refractivity contribution is 5.31. The lowest BCUT2D eigenvalue weighted by Gasteiger charge is -2.36. The quantitative estimate of drug-likeness (QED) is 0.857. The van der Waals surface area contributed by atoms with Gasteiger partial charge < -0.3 is 10.8 Å². The molecule has 1 aromatic rings. The van der Waals surface area contributed by atoms with Crippen LogP contribution in [-0.2, 0) is 13.1 Å². The number of rotatable bonds is 3. The summed E-state index contributed by atoms with van der Waals surface area (Å²) in [5, 5.41) is 9.94. The number of hydrogen-bond acceptors (Lipinski definition) is 3. The van der Waals surface area contributed by atoms with Crippen LogP contribution < -0.4 is 5.73 Å². The first kappa shape index (κ1) is 13.5. The predicted octanol–water partition coefficient (Wildman–Crippen LogP) is 1.80. The third-order valence-corrected chi connectivity index (χ3v) is 3.97. The molecule has 0 bridgehead atoms. The largest absolute Gasteiger partial charge is 0.390 e. The van der Waals surface area contributed by atoms with Crippen LogP contribution in [0.3, 0.4) is 0 Å². The van der Waals surface area contributed by atoms with Crippen LogP contribution in [-0.4, -0.2) is 28.7 Å². The average Bonchev–Trinajstić information content (AvgIpc) is 2.34. The number of likely N-dealkylation sites (tertiary alicyclic amines) is 1. The topological polar surface area (TPSA) is 49.5 Å². The first-order chi connectivity index (χ1) is 8.50. The summed E-state index contributed by atoms with van der Waals surface area (Å²) in [6.45, 7) is 7.62. The standard InChI is InChI=1S/C15H24N2O/c1-12-9-13(10-16)3-4-14(12)11-17-7-5-15(2,18)6-8-17/h3-4,9,18H,5-8,10-11,16H2,1-2H3. The zero-order valence-corrected chi connectivity index (χ0v) is 11.4. The van der Waals surface area contributed by atoms with E-state index in [4.69, 9.17) is 5.73 Å². The van der Waals surface area contributed by atoms with E-state index < -0.39 is 5.60 Å². The maximum absolute atomic E-state index is 9.94.